The highest BCUT2D eigenvalue weighted by Gasteiger charge is 2.51. The van der Waals surface area contributed by atoms with Crippen LogP contribution in [-0.4, -0.2) is 19.0 Å². The lowest BCUT2D eigenvalue weighted by Gasteiger charge is -2.54. The van der Waals surface area contributed by atoms with E-state index in [-0.39, 0.29) is 5.92 Å². The molecule has 4 bridgehead atoms. The van der Waals surface area contributed by atoms with Crippen LogP contribution in [0.5, 0.6) is 0 Å². The van der Waals surface area contributed by atoms with Gasteiger partial charge in [-0.1, -0.05) is 0 Å². The van der Waals surface area contributed by atoms with Gasteiger partial charge >= 0.3 is 0 Å². The van der Waals surface area contributed by atoms with E-state index in [4.69, 9.17) is 4.74 Å². The van der Waals surface area contributed by atoms with Crippen LogP contribution in [0.2, 0.25) is 0 Å². The number of hydrogen-bond donors (Lipinski definition) is 0. The van der Waals surface area contributed by atoms with Crippen LogP contribution in [0, 0.1) is 35.5 Å². The summed E-state index contributed by atoms with van der Waals surface area (Å²) in [6, 6.07) is 0. The Hall–Kier alpha value is -0.370. The topological polar surface area (TPSA) is 26.3 Å². The summed E-state index contributed by atoms with van der Waals surface area (Å²) in [7, 11) is 0. The predicted octanol–water partition coefficient (Wildman–Crippen LogP) is 3.05. The summed E-state index contributed by atoms with van der Waals surface area (Å²) < 4.78 is 5.53. The lowest BCUT2D eigenvalue weighted by molar-refractivity contribution is -0.143. The van der Waals surface area contributed by atoms with E-state index < -0.39 is 0 Å². The fourth-order valence-electron chi connectivity index (χ4n) is 5.63. The van der Waals surface area contributed by atoms with Gasteiger partial charge in [0.1, 0.15) is 5.78 Å². The fraction of sp³-hybridized carbons (Fsp3) is 0.938. The summed E-state index contributed by atoms with van der Waals surface area (Å²) in [5, 5.41) is 0. The van der Waals surface area contributed by atoms with Crippen molar-refractivity contribution in [3.8, 4) is 0 Å². The van der Waals surface area contributed by atoms with Gasteiger partial charge in [-0.15, -0.1) is 0 Å². The van der Waals surface area contributed by atoms with E-state index in [9.17, 15) is 4.79 Å². The second kappa shape index (κ2) is 4.33. The van der Waals surface area contributed by atoms with Gasteiger partial charge < -0.3 is 4.74 Å². The molecular formula is C16H24O2. The average Bonchev–Trinajstić information content (AvgIpc) is 2.38. The number of Topliss-reactive ketones (excluding diaryl/α,β-unsaturated/α-hetero) is 1. The van der Waals surface area contributed by atoms with Crippen LogP contribution in [0.3, 0.4) is 0 Å². The Kier molecular flexibility index (Phi) is 2.76. The third kappa shape index (κ3) is 1.76. The first kappa shape index (κ1) is 11.5. The van der Waals surface area contributed by atoms with Crippen molar-refractivity contribution in [2.45, 2.75) is 44.9 Å². The van der Waals surface area contributed by atoms with Crippen molar-refractivity contribution < 1.29 is 9.53 Å². The molecule has 0 radical (unpaired) electrons. The molecule has 1 unspecified atom stereocenters. The van der Waals surface area contributed by atoms with E-state index in [0.29, 0.717) is 18.3 Å². The molecule has 1 aliphatic heterocycles. The molecule has 0 spiro atoms. The maximum atomic E-state index is 12.8. The summed E-state index contributed by atoms with van der Waals surface area (Å²) >= 11 is 0. The summed E-state index contributed by atoms with van der Waals surface area (Å²) in [4.78, 5) is 12.8. The van der Waals surface area contributed by atoms with E-state index in [1.54, 1.807) is 0 Å². The lowest BCUT2D eigenvalue weighted by atomic mass is 9.50. The molecule has 0 amide bonds. The van der Waals surface area contributed by atoms with Gasteiger partial charge in [-0.2, -0.15) is 0 Å². The summed E-state index contributed by atoms with van der Waals surface area (Å²) in [6.45, 7) is 1.58. The molecule has 2 nitrogen and oxygen atoms in total. The Morgan fingerprint density at radius 3 is 2.17 bits per heavy atom. The van der Waals surface area contributed by atoms with Crippen molar-refractivity contribution >= 4 is 5.78 Å². The minimum absolute atomic E-state index is 0.237. The van der Waals surface area contributed by atoms with Gasteiger partial charge in [0, 0.05) is 18.4 Å². The van der Waals surface area contributed by atoms with Crippen LogP contribution in [0.25, 0.3) is 0 Å². The third-order valence-corrected chi connectivity index (χ3v) is 6.12. The molecule has 2 heteroatoms. The number of rotatable bonds is 2. The molecule has 5 fully saturated rings. The Balaban J connectivity index is 1.52. The predicted molar refractivity (Wildman–Crippen MR) is 69.1 cm³/mol. The minimum Gasteiger partial charge on any atom is -0.381 e. The molecule has 0 aromatic heterocycles. The first-order valence-corrected chi connectivity index (χ1v) is 7.92. The minimum atomic E-state index is 0.237. The highest BCUT2D eigenvalue weighted by molar-refractivity contribution is 5.84. The van der Waals surface area contributed by atoms with Crippen LogP contribution < -0.4 is 0 Å². The summed E-state index contributed by atoms with van der Waals surface area (Å²) in [6.07, 6.45) is 9.08. The lowest BCUT2D eigenvalue weighted by Crippen LogP contribution is -2.50. The Labute approximate surface area is 109 Å². The third-order valence-electron chi connectivity index (χ3n) is 6.12. The fourth-order valence-corrected chi connectivity index (χ4v) is 5.63. The van der Waals surface area contributed by atoms with Crippen LogP contribution >= 0.6 is 0 Å². The molecule has 100 valence electrons. The maximum Gasteiger partial charge on any atom is 0.141 e. The van der Waals surface area contributed by atoms with Crippen molar-refractivity contribution in [3.05, 3.63) is 0 Å². The van der Waals surface area contributed by atoms with Gasteiger partial charge in [0.2, 0.25) is 0 Å². The number of hydrogen-bond acceptors (Lipinski definition) is 2. The Bertz CT molecular complexity index is 315. The highest BCUT2D eigenvalue weighted by atomic mass is 16.5. The number of ether oxygens (including phenoxy) is 1. The molecule has 4 aliphatic carbocycles. The normalized spacial score (nSPS) is 50.4. The van der Waals surface area contributed by atoms with Gasteiger partial charge in [0.15, 0.2) is 0 Å². The number of carbonyl (C=O) groups excluding carboxylic acids is 1. The van der Waals surface area contributed by atoms with Gasteiger partial charge in [-0.05, 0) is 68.6 Å². The monoisotopic (exact) mass is 248 g/mol. The van der Waals surface area contributed by atoms with E-state index in [0.717, 1.165) is 43.1 Å². The summed E-state index contributed by atoms with van der Waals surface area (Å²) in [5.74, 6) is 4.68. The zero-order valence-electron chi connectivity index (χ0n) is 11.1. The zero-order valence-corrected chi connectivity index (χ0v) is 11.1. The van der Waals surface area contributed by atoms with Crippen LogP contribution in [0.1, 0.15) is 44.9 Å². The molecule has 4 saturated carbocycles. The Morgan fingerprint density at radius 2 is 1.61 bits per heavy atom. The van der Waals surface area contributed by atoms with E-state index in [1.807, 2.05) is 0 Å². The number of carbonyl (C=O) groups is 1. The molecule has 0 N–H and O–H groups in total. The van der Waals surface area contributed by atoms with Gasteiger partial charge in [-0.25, -0.2) is 0 Å². The largest absolute Gasteiger partial charge is 0.381 e. The molecular weight excluding hydrogens is 224 g/mol. The van der Waals surface area contributed by atoms with E-state index >= 15 is 0 Å². The van der Waals surface area contributed by atoms with Crippen LogP contribution in [0.15, 0.2) is 0 Å². The van der Waals surface area contributed by atoms with Crippen molar-refractivity contribution in [1.29, 1.82) is 0 Å². The van der Waals surface area contributed by atoms with Crippen molar-refractivity contribution in [2.24, 2.45) is 35.5 Å². The van der Waals surface area contributed by atoms with Crippen LogP contribution in [-0.2, 0) is 9.53 Å². The standard InChI is InChI=1S/C16H24O2/c17-16(12-2-1-3-18-9-12)15-13-5-10-4-11(7-13)8-14(15)6-10/h10-15H,1-9H2. The summed E-state index contributed by atoms with van der Waals surface area (Å²) in [5.41, 5.74) is 0. The smallest absolute Gasteiger partial charge is 0.141 e. The molecule has 5 rings (SSSR count). The number of ketones is 1. The second-order valence-corrected chi connectivity index (χ2v) is 7.27. The van der Waals surface area contributed by atoms with Crippen molar-refractivity contribution in [2.75, 3.05) is 13.2 Å². The quantitative estimate of drug-likeness (QED) is 0.750. The molecule has 1 atom stereocenters. The molecule has 18 heavy (non-hydrogen) atoms. The van der Waals surface area contributed by atoms with Crippen molar-refractivity contribution in [1.82, 2.24) is 0 Å². The first-order valence-electron chi connectivity index (χ1n) is 7.92. The zero-order chi connectivity index (χ0) is 12.1. The molecule has 0 aromatic rings. The Morgan fingerprint density at radius 1 is 0.944 bits per heavy atom. The van der Waals surface area contributed by atoms with Gasteiger partial charge in [-0.3, -0.25) is 4.79 Å². The second-order valence-electron chi connectivity index (χ2n) is 7.27. The first-order chi connectivity index (χ1) is 8.81. The molecule has 0 aromatic carbocycles. The maximum absolute atomic E-state index is 12.8. The van der Waals surface area contributed by atoms with Gasteiger partial charge in [0.05, 0.1) is 6.61 Å². The van der Waals surface area contributed by atoms with Gasteiger partial charge in [0.25, 0.3) is 0 Å². The van der Waals surface area contributed by atoms with E-state index in [2.05, 4.69) is 0 Å². The molecule has 1 heterocycles. The highest BCUT2D eigenvalue weighted by Crippen LogP contribution is 2.57. The van der Waals surface area contributed by atoms with E-state index in [1.165, 1.54) is 32.1 Å². The average molecular weight is 248 g/mol. The van der Waals surface area contributed by atoms with Crippen molar-refractivity contribution in [3.63, 3.8) is 0 Å². The SMILES string of the molecule is O=C(C1CCCOC1)C1C2CC3CC(C2)CC1C3. The molecule has 5 aliphatic rings. The van der Waals surface area contributed by atoms with Crippen LogP contribution in [0.4, 0.5) is 0 Å². The molecule has 1 saturated heterocycles.